The Morgan fingerprint density at radius 3 is 2.53 bits per heavy atom. The molecule has 3 aromatic carbocycles. The highest BCUT2D eigenvalue weighted by Crippen LogP contribution is 2.37. The Bertz CT molecular complexity index is 1380. The first kappa shape index (κ1) is 23.8. The molecule has 0 radical (unpaired) electrons. The minimum atomic E-state index is -0.847. The SMILES string of the molecule is O=C(Nc1ccc(Br)cc1)NC(Cc1ccccc1)C(=O)Nc1nnc(-c2ccc3c(c2)OCO3)s1. The number of nitrogens with zero attached hydrogens (tertiary/aromatic N) is 2. The van der Waals surface area contributed by atoms with E-state index in [0.717, 1.165) is 15.6 Å². The summed E-state index contributed by atoms with van der Waals surface area (Å²) >= 11 is 4.59. The van der Waals surface area contributed by atoms with E-state index in [1.165, 1.54) is 11.3 Å². The lowest BCUT2D eigenvalue weighted by molar-refractivity contribution is -0.117. The third-order valence-corrected chi connectivity index (χ3v) is 6.70. The number of urea groups is 1. The van der Waals surface area contributed by atoms with Crippen molar-refractivity contribution in [3.63, 3.8) is 0 Å². The number of nitrogens with one attached hydrogen (secondary N) is 3. The number of hydrogen-bond donors (Lipinski definition) is 3. The lowest BCUT2D eigenvalue weighted by Gasteiger charge is -2.18. The van der Waals surface area contributed by atoms with Crippen molar-refractivity contribution < 1.29 is 19.1 Å². The molecule has 0 saturated heterocycles. The largest absolute Gasteiger partial charge is 0.454 e. The van der Waals surface area contributed by atoms with Crippen LogP contribution in [-0.4, -0.2) is 35.0 Å². The number of fused-ring (bicyclic) bond motifs is 1. The van der Waals surface area contributed by atoms with Gasteiger partial charge in [-0.1, -0.05) is 57.6 Å². The van der Waals surface area contributed by atoms with Crippen molar-refractivity contribution in [2.75, 3.05) is 17.4 Å². The van der Waals surface area contributed by atoms with Crippen LogP contribution in [0.25, 0.3) is 10.6 Å². The molecule has 3 amide bonds. The summed E-state index contributed by atoms with van der Waals surface area (Å²) in [5.41, 5.74) is 2.30. The van der Waals surface area contributed by atoms with Gasteiger partial charge in [-0.3, -0.25) is 10.1 Å². The summed E-state index contributed by atoms with van der Waals surface area (Å²) in [7, 11) is 0. The van der Waals surface area contributed by atoms with Crippen molar-refractivity contribution in [1.29, 1.82) is 0 Å². The molecule has 0 fully saturated rings. The van der Waals surface area contributed by atoms with Gasteiger partial charge in [-0.05, 0) is 48.0 Å². The zero-order valence-corrected chi connectivity index (χ0v) is 21.1. The second-order valence-electron chi connectivity index (χ2n) is 7.82. The second-order valence-corrected chi connectivity index (χ2v) is 9.71. The molecule has 1 aliphatic heterocycles. The number of amides is 3. The fourth-order valence-electron chi connectivity index (χ4n) is 3.53. The molecular weight excluding hydrogens is 546 g/mol. The molecule has 0 bridgehead atoms. The van der Waals surface area contributed by atoms with E-state index >= 15 is 0 Å². The maximum absolute atomic E-state index is 13.2. The van der Waals surface area contributed by atoms with E-state index in [-0.39, 0.29) is 6.79 Å². The number of ether oxygens (including phenoxy) is 2. The summed E-state index contributed by atoms with van der Waals surface area (Å²) in [4.78, 5) is 25.9. The van der Waals surface area contributed by atoms with Gasteiger partial charge in [0.15, 0.2) is 11.5 Å². The van der Waals surface area contributed by atoms with Crippen LogP contribution in [0.3, 0.4) is 0 Å². The van der Waals surface area contributed by atoms with E-state index in [4.69, 9.17) is 9.47 Å². The first-order valence-corrected chi connectivity index (χ1v) is 12.6. The quantitative estimate of drug-likeness (QED) is 0.288. The predicted octanol–water partition coefficient (Wildman–Crippen LogP) is 5.07. The average Bonchev–Trinajstić information content (AvgIpc) is 3.55. The van der Waals surface area contributed by atoms with Crippen molar-refractivity contribution >= 4 is 50.0 Å². The number of carbonyl (C=O) groups is 2. The van der Waals surface area contributed by atoms with Crippen molar-refractivity contribution in [3.05, 3.63) is 82.8 Å². The molecule has 4 aromatic rings. The summed E-state index contributed by atoms with van der Waals surface area (Å²) in [5.74, 6) is 0.906. The van der Waals surface area contributed by atoms with Crippen molar-refractivity contribution in [1.82, 2.24) is 15.5 Å². The third-order valence-electron chi connectivity index (χ3n) is 5.28. The average molecular weight is 566 g/mol. The van der Waals surface area contributed by atoms with Crippen LogP contribution in [0.4, 0.5) is 15.6 Å². The maximum atomic E-state index is 13.2. The van der Waals surface area contributed by atoms with E-state index in [0.29, 0.717) is 33.7 Å². The summed E-state index contributed by atoms with van der Waals surface area (Å²) in [6.07, 6.45) is 0.300. The van der Waals surface area contributed by atoms with Crippen molar-refractivity contribution in [2.24, 2.45) is 0 Å². The first-order valence-electron chi connectivity index (χ1n) is 10.9. The highest BCUT2D eigenvalue weighted by atomic mass is 79.9. The molecule has 182 valence electrons. The van der Waals surface area contributed by atoms with Crippen LogP contribution < -0.4 is 25.4 Å². The van der Waals surface area contributed by atoms with E-state index in [1.54, 1.807) is 18.2 Å². The molecule has 1 atom stereocenters. The Morgan fingerprint density at radius 1 is 0.944 bits per heavy atom. The van der Waals surface area contributed by atoms with E-state index in [2.05, 4.69) is 42.1 Å². The van der Waals surface area contributed by atoms with Gasteiger partial charge >= 0.3 is 6.03 Å². The molecule has 1 aliphatic rings. The van der Waals surface area contributed by atoms with E-state index in [9.17, 15) is 9.59 Å². The molecule has 1 aromatic heterocycles. The van der Waals surface area contributed by atoms with Gasteiger partial charge in [-0.25, -0.2) is 4.79 Å². The van der Waals surface area contributed by atoms with Crippen LogP contribution in [0.1, 0.15) is 5.56 Å². The molecular formula is C25H20BrN5O4S. The van der Waals surface area contributed by atoms with Crippen LogP contribution in [0.15, 0.2) is 77.3 Å². The van der Waals surface area contributed by atoms with Crippen LogP contribution in [0.2, 0.25) is 0 Å². The summed E-state index contributed by atoms with van der Waals surface area (Å²) in [6.45, 7) is 0.182. The van der Waals surface area contributed by atoms with Crippen LogP contribution >= 0.6 is 27.3 Å². The van der Waals surface area contributed by atoms with Crippen molar-refractivity contribution in [2.45, 2.75) is 12.5 Å². The summed E-state index contributed by atoms with van der Waals surface area (Å²) in [6, 6.07) is 20.8. The van der Waals surface area contributed by atoms with Gasteiger partial charge < -0.3 is 20.1 Å². The van der Waals surface area contributed by atoms with Crippen LogP contribution in [0, 0.1) is 0 Å². The van der Waals surface area contributed by atoms with Gasteiger partial charge in [0.1, 0.15) is 11.0 Å². The van der Waals surface area contributed by atoms with Gasteiger partial charge in [0.2, 0.25) is 17.8 Å². The number of hydrogen-bond acceptors (Lipinski definition) is 7. The number of rotatable bonds is 7. The minimum absolute atomic E-state index is 0.182. The highest BCUT2D eigenvalue weighted by molar-refractivity contribution is 9.10. The smallest absolute Gasteiger partial charge is 0.319 e. The van der Waals surface area contributed by atoms with E-state index in [1.807, 2.05) is 54.6 Å². The van der Waals surface area contributed by atoms with Gasteiger partial charge in [0.05, 0.1) is 0 Å². The molecule has 0 spiro atoms. The predicted molar refractivity (Wildman–Crippen MR) is 140 cm³/mol. The topological polar surface area (TPSA) is 114 Å². The molecule has 3 N–H and O–H groups in total. The van der Waals surface area contributed by atoms with Crippen molar-refractivity contribution in [3.8, 4) is 22.1 Å². The monoisotopic (exact) mass is 565 g/mol. The fraction of sp³-hybridized carbons (Fsp3) is 0.120. The number of carbonyl (C=O) groups excluding carboxylic acids is 2. The molecule has 36 heavy (non-hydrogen) atoms. The molecule has 0 saturated carbocycles. The zero-order valence-electron chi connectivity index (χ0n) is 18.7. The minimum Gasteiger partial charge on any atom is -0.454 e. The highest BCUT2D eigenvalue weighted by Gasteiger charge is 2.23. The van der Waals surface area contributed by atoms with Gasteiger partial charge in [0, 0.05) is 22.1 Å². The maximum Gasteiger partial charge on any atom is 0.319 e. The third kappa shape index (κ3) is 5.81. The molecule has 9 nitrogen and oxygen atoms in total. The zero-order chi connectivity index (χ0) is 24.9. The number of aromatic nitrogens is 2. The number of benzene rings is 3. The first-order chi connectivity index (χ1) is 17.5. The Kier molecular flexibility index (Phi) is 7.10. The van der Waals surface area contributed by atoms with Gasteiger partial charge in [-0.2, -0.15) is 0 Å². The van der Waals surface area contributed by atoms with E-state index < -0.39 is 18.0 Å². The molecule has 0 aliphatic carbocycles. The summed E-state index contributed by atoms with van der Waals surface area (Å²) in [5, 5.41) is 17.5. The standard InChI is InChI=1S/C25H20BrN5O4S/c26-17-7-9-18(10-8-17)27-24(33)28-19(12-15-4-2-1-3-5-15)22(32)29-25-31-30-23(36-25)16-6-11-20-21(13-16)35-14-34-20/h1-11,13,19H,12,14H2,(H2,27,28,33)(H,29,31,32). The normalized spacial score (nSPS) is 12.6. The Morgan fingerprint density at radius 2 is 1.72 bits per heavy atom. The van der Waals surface area contributed by atoms with Gasteiger partial charge in [0.25, 0.3) is 0 Å². The number of halogens is 1. The lowest BCUT2D eigenvalue weighted by atomic mass is 10.1. The molecule has 1 unspecified atom stereocenters. The fourth-order valence-corrected chi connectivity index (χ4v) is 4.54. The Hall–Kier alpha value is -3.96. The summed E-state index contributed by atoms with van der Waals surface area (Å²) < 4.78 is 11.7. The molecule has 5 rings (SSSR count). The van der Waals surface area contributed by atoms with Crippen LogP contribution in [0.5, 0.6) is 11.5 Å². The number of anilines is 2. The lowest BCUT2D eigenvalue weighted by Crippen LogP contribution is -2.46. The Labute approximate surface area is 219 Å². The molecule has 11 heteroatoms. The molecule has 2 heterocycles. The van der Waals surface area contributed by atoms with Gasteiger partial charge in [-0.15, -0.1) is 10.2 Å². The second kappa shape index (κ2) is 10.8. The Balaban J connectivity index is 1.29. The van der Waals surface area contributed by atoms with Crippen LogP contribution in [-0.2, 0) is 11.2 Å².